The number of nitriles is 1. The molecule has 7 heteroatoms. The van der Waals surface area contributed by atoms with Crippen molar-refractivity contribution in [2.75, 3.05) is 39.3 Å². The lowest BCUT2D eigenvalue weighted by molar-refractivity contribution is 0.0788. The highest BCUT2D eigenvalue weighted by Gasteiger charge is 2.26. The van der Waals surface area contributed by atoms with Crippen molar-refractivity contribution < 1.29 is 18.3 Å². The molecule has 0 aromatic heterocycles. The summed E-state index contributed by atoms with van der Waals surface area (Å²) in [5.74, 6) is 0.0350. The molecule has 0 bridgehead atoms. The molecule has 2 fully saturated rings. The van der Waals surface area contributed by atoms with Crippen molar-refractivity contribution in [2.45, 2.75) is 45.2 Å². The summed E-state index contributed by atoms with van der Waals surface area (Å²) in [7, 11) is 0. The number of ether oxygens (including phenoxy) is 1. The molecule has 0 aliphatic carbocycles. The number of hydrogen-bond donors (Lipinski definition) is 0. The minimum Gasteiger partial charge on any atom is -0.492 e. The molecular formula is C28H33F2N3O2. The molecular weight excluding hydrogens is 448 g/mol. The van der Waals surface area contributed by atoms with E-state index in [0.717, 1.165) is 38.8 Å². The average Bonchev–Trinajstić information content (AvgIpc) is 3.37. The quantitative estimate of drug-likeness (QED) is 0.529. The lowest BCUT2D eigenvalue weighted by atomic mass is 9.96. The Kier molecular flexibility index (Phi) is 7.71. The third-order valence-corrected chi connectivity index (χ3v) is 6.81. The summed E-state index contributed by atoms with van der Waals surface area (Å²) >= 11 is 0. The van der Waals surface area contributed by atoms with Crippen LogP contribution < -0.4 is 4.74 Å². The van der Waals surface area contributed by atoms with Gasteiger partial charge in [0.15, 0.2) is 0 Å². The van der Waals surface area contributed by atoms with Crippen LogP contribution in [0.5, 0.6) is 5.75 Å². The van der Waals surface area contributed by atoms with Gasteiger partial charge in [0.1, 0.15) is 23.3 Å². The van der Waals surface area contributed by atoms with Gasteiger partial charge in [-0.2, -0.15) is 5.26 Å². The second-order valence-corrected chi connectivity index (χ2v) is 10.3. The van der Waals surface area contributed by atoms with E-state index in [2.05, 4.69) is 11.0 Å². The van der Waals surface area contributed by atoms with E-state index in [0.29, 0.717) is 54.6 Å². The van der Waals surface area contributed by atoms with Crippen molar-refractivity contribution in [1.29, 1.82) is 5.26 Å². The molecule has 0 radical (unpaired) electrons. The van der Waals surface area contributed by atoms with E-state index in [-0.39, 0.29) is 11.5 Å². The standard InChI is InChI=1S/C28H33F2N3O2/c1-28(2,30)19-32-13-9-20(10-14-32)18-35-26-8-6-21(15-23(26)17-31)22-5-7-24(25(29)16-22)27(34)33-11-3-4-12-33/h5-8,15-16,20H,3-4,9-14,18-19H2,1-2H3. The predicted molar refractivity (Wildman–Crippen MR) is 132 cm³/mol. The number of alkyl halides is 1. The van der Waals surface area contributed by atoms with Crippen LogP contribution in [0.4, 0.5) is 8.78 Å². The molecule has 0 saturated carbocycles. The minimum absolute atomic E-state index is 0.0808. The van der Waals surface area contributed by atoms with Gasteiger partial charge in [-0.25, -0.2) is 8.78 Å². The summed E-state index contributed by atoms with van der Waals surface area (Å²) in [6.45, 7) is 7.17. The largest absolute Gasteiger partial charge is 0.492 e. The molecule has 0 unspecified atom stereocenters. The fourth-order valence-electron chi connectivity index (χ4n) is 4.93. The number of carbonyl (C=O) groups excluding carboxylic acids is 1. The molecule has 2 aromatic rings. The molecule has 2 heterocycles. The first-order chi connectivity index (χ1) is 16.7. The number of piperidine rings is 1. The maximum atomic E-state index is 14.8. The van der Waals surface area contributed by atoms with Gasteiger partial charge in [0.05, 0.1) is 17.7 Å². The van der Waals surface area contributed by atoms with Crippen LogP contribution in [0, 0.1) is 23.1 Å². The number of hydrogen-bond acceptors (Lipinski definition) is 4. The first-order valence-corrected chi connectivity index (χ1v) is 12.4. The number of rotatable bonds is 7. The minimum atomic E-state index is -1.20. The van der Waals surface area contributed by atoms with Gasteiger partial charge in [-0.05, 0) is 93.9 Å². The van der Waals surface area contributed by atoms with Crippen molar-refractivity contribution in [3.05, 3.63) is 53.3 Å². The Hall–Kier alpha value is -2.98. The number of likely N-dealkylation sites (tertiary alicyclic amines) is 2. The van der Waals surface area contributed by atoms with E-state index in [1.54, 1.807) is 43.0 Å². The van der Waals surface area contributed by atoms with E-state index in [1.807, 2.05) is 0 Å². The summed E-state index contributed by atoms with van der Waals surface area (Å²) in [4.78, 5) is 16.4. The van der Waals surface area contributed by atoms with Crippen molar-refractivity contribution in [1.82, 2.24) is 9.80 Å². The zero-order chi connectivity index (χ0) is 25.0. The Bertz CT molecular complexity index is 1090. The third-order valence-electron chi connectivity index (χ3n) is 6.81. The summed E-state index contributed by atoms with van der Waals surface area (Å²) in [6, 6.07) is 12.0. The molecule has 1 amide bonds. The van der Waals surface area contributed by atoms with Crippen LogP contribution in [-0.4, -0.2) is 60.7 Å². The normalized spacial score (nSPS) is 17.4. The molecule has 2 aromatic carbocycles. The van der Waals surface area contributed by atoms with Crippen LogP contribution in [0.15, 0.2) is 36.4 Å². The van der Waals surface area contributed by atoms with Crippen LogP contribution in [0.2, 0.25) is 0 Å². The Labute approximate surface area is 206 Å². The van der Waals surface area contributed by atoms with Crippen molar-refractivity contribution in [3.63, 3.8) is 0 Å². The SMILES string of the molecule is CC(C)(F)CN1CCC(COc2ccc(-c3ccc(C(=O)N4CCCC4)c(F)c3)cc2C#N)CC1. The summed E-state index contributed by atoms with van der Waals surface area (Å²) in [6.07, 6.45) is 3.76. The molecule has 4 rings (SSSR count). The fourth-order valence-corrected chi connectivity index (χ4v) is 4.93. The lowest BCUT2D eigenvalue weighted by Crippen LogP contribution is -2.41. The van der Waals surface area contributed by atoms with E-state index in [4.69, 9.17) is 4.74 Å². The van der Waals surface area contributed by atoms with E-state index in [9.17, 15) is 18.8 Å². The summed E-state index contributed by atoms with van der Waals surface area (Å²) < 4.78 is 34.7. The molecule has 5 nitrogen and oxygen atoms in total. The molecule has 2 aliphatic heterocycles. The number of carbonyl (C=O) groups is 1. The van der Waals surface area contributed by atoms with Crippen LogP contribution in [0.25, 0.3) is 11.1 Å². The Morgan fingerprint density at radius 3 is 2.37 bits per heavy atom. The van der Waals surface area contributed by atoms with Gasteiger partial charge in [0, 0.05) is 19.6 Å². The smallest absolute Gasteiger partial charge is 0.256 e. The molecule has 0 N–H and O–H groups in total. The van der Waals surface area contributed by atoms with Gasteiger partial charge in [-0.3, -0.25) is 4.79 Å². The summed E-state index contributed by atoms with van der Waals surface area (Å²) in [5, 5.41) is 9.67. The number of amides is 1. The average molecular weight is 482 g/mol. The maximum Gasteiger partial charge on any atom is 0.256 e. The van der Waals surface area contributed by atoms with E-state index >= 15 is 0 Å². The fraction of sp³-hybridized carbons (Fsp3) is 0.500. The Morgan fingerprint density at radius 1 is 1.09 bits per heavy atom. The van der Waals surface area contributed by atoms with Gasteiger partial charge >= 0.3 is 0 Å². The Balaban J connectivity index is 1.38. The monoisotopic (exact) mass is 481 g/mol. The predicted octanol–water partition coefficient (Wildman–Crippen LogP) is 5.44. The highest BCUT2D eigenvalue weighted by molar-refractivity contribution is 5.95. The lowest BCUT2D eigenvalue weighted by Gasteiger charge is -2.34. The van der Waals surface area contributed by atoms with Crippen molar-refractivity contribution >= 4 is 5.91 Å². The zero-order valence-electron chi connectivity index (χ0n) is 20.5. The first kappa shape index (κ1) is 25.1. The number of nitrogens with zero attached hydrogens (tertiary/aromatic N) is 3. The van der Waals surface area contributed by atoms with Gasteiger partial charge < -0.3 is 14.5 Å². The van der Waals surface area contributed by atoms with E-state index < -0.39 is 11.5 Å². The molecule has 2 saturated heterocycles. The first-order valence-electron chi connectivity index (χ1n) is 12.4. The van der Waals surface area contributed by atoms with Crippen LogP contribution in [0.1, 0.15) is 55.5 Å². The molecule has 0 atom stereocenters. The van der Waals surface area contributed by atoms with Gasteiger partial charge in [0.2, 0.25) is 0 Å². The van der Waals surface area contributed by atoms with Crippen LogP contribution in [-0.2, 0) is 0 Å². The topological polar surface area (TPSA) is 56.6 Å². The van der Waals surface area contributed by atoms with Gasteiger partial charge in [-0.1, -0.05) is 12.1 Å². The maximum absolute atomic E-state index is 14.8. The zero-order valence-corrected chi connectivity index (χ0v) is 20.5. The third kappa shape index (κ3) is 6.37. The molecule has 35 heavy (non-hydrogen) atoms. The molecule has 0 spiro atoms. The highest BCUT2D eigenvalue weighted by Crippen LogP contribution is 2.29. The second kappa shape index (κ2) is 10.7. The Morgan fingerprint density at radius 2 is 1.74 bits per heavy atom. The number of halogens is 2. The second-order valence-electron chi connectivity index (χ2n) is 10.3. The van der Waals surface area contributed by atoms with Crippen molar-refractivity contribution in [3.8, 4) is 22.9 Å². The number of benzene rings is 2. The molecule has 186 valence electrons. The van der Waals surface area contributed by atoms with Crippen LogP contribution >= 0.6 is 0 Å². The van der Waals surface area contributed by atoms with Gasteiger partial charge in [-0.15, -0.1) is 0 Å². The van der Waals surface area contributed by atoms with Crippen LogP contribution in [0.3, 0.4) is 0 Å². The van der Waals surface area contributed by atoms with Gasteiger partial charge in [0.25, 0.3) is 5.91 Å². The van der Waals surface area contributed by atoms with E-state index in [1.165, 1.54) is 12.1 Å². The van der Waals surface area contributed by atoms with Crippen molar-refractivity contribution in [2.24, 2.45) is 5.92 Å². The summed E-state index contributed by atoms with van der Waals surface area (Å²) in [5.41, 5.74) is 0.565. The highest BCUT2D eigenvalue weighted by atomic mass is 19.1. The molecule has 2 aliphatic rings.